The lowest BCUT2D eigenvalue weighted by Crippen LogP contribution is -2.24. The van der Waals surface area contributed by atoms with Crippen LogP contribution in [0.1, 0.15) is 18.6 Å². The predicted molar refractivity (Wildman–Crippen MR) is 45.0 cm³/mol. The molecule has 66 valence electrons. The van der Waals surface area contributed by atoms with Crippen LogP contribution < -0.4 is 5.73 Å². The molecule has 2 nitrogen and oxygen atoms in total. The van der Waals surface area contributed by atoms with E-state index in [1.165, 1.54) is 12.1 Å². The molecule has 1 aromatic carbocycles. The summed E-state index contributed by atoms with van der Waals surface area (Å²) >= 11 is 0. The highest BCUT2D eigenvalue weighted by Crippen LogP contribution is 2.15. The number of nitrogens with two attached hydrogens (primary N) is 1. The Balaban J connectivity index is 2.88. The number of rotatable bonds is 2. The second-order valence-corrected chi connectivity index (χ2v) is 2.86. The van der Waals surface area contributed by atoms with Crippen LogP contribution in [0.5, 0.6) is 0 Å². The highest BCUT2D eigenvalue weighted by Gasteiger charge is 2.11. The Morgan fingerprint density at radius 3 is 2.67 bits per heavy atom. The fourth-order valence-corrected chi connectivity index (χ4v) is 0.994. The van der Waals surface area contributed by atoms with Gasteiger partial charge in [0, 0.05) is 6.04 Å². The van der Waals surface area contributed by atoms with Gasteiger partial charge in [-0.2, -0.15) is 0 Å². The van der Waals surface area contributed by atoms with Crippen LogP contribution in [0.4, 0.5) is 4.39 Å². The van der Waals surface area contributed by atoms with Gasteiger partial charge in [0.1, 0.15) is 5.82 Å². The van der Waals surface area contributed by atoms with Crippen LogP contribution in [0.15, 0.2) is 24.3 Å². The lowest BCUT2D eigenvalue weighted by molar-refractivity contribution is 0.153. The van der Waals surface area contributed by atoms with Crippen molar-refractivity contribution in [1.82, 2.24) is 0 Å². The molecule has 12 heavy (non-hydrogen) atoms. The fourth-order valence-electron chi connectivity index (χ4n) is 0.994. The maximum atomic E-state index is 12.6. The SMILES string of the molecule is C[C@@H](N)[C@@H](O)c1cccc(F)c1. The Bertz CT molecular complexity index is 262. The second kappa shape index (κ2) is 3.65. The Kier molecular flexibility index (Phi) is 2.78. The molecule has 0 unspecified atom stereocenters. The van der Waals surface area contributed by atoms with Gasteiger partial charge in [-0.05, 0) is 24.6 Å². The van der Waals surface area contributed by atoms with E-state index in [4.69, 9.17) is 5.73 Å². The first-order chi connectivity index (χ1) is 5.61. The molecule has 0 heterocycles. The molecule has 1 rings (SSSR count). The van der Waals surface area contributed by atoms with E-state index in [2.05, 4.69) is 0 Å². The van der Waals surface area contributed by atoms with E-state index in [9.17, 15) is 9.50 Å². The molecule has 2 atom stereocenters. The third-order valence-electron chi connectivity index (χ3n) is 1.69. The molecule has 3 N–H and O–H groups in total. The minimum absolute atomic E-state index is 0.354. The van der Waals surface area contributed by atoms with Crippen molar-refractivity contribution in [2.24, 2.45) is 5.73 Å². The van der Waals surface area contributed by atoms with Gasteiger partial charge in [0.2, 0.25) is 0 Å². The first-order valence-corrected chi connectivity index (χ1v) is 3.80. The molecule has 0 radical (unpaired) electrons. The van der Waals surface area contributed by atoms with Crippen molar-refractivity contribution in [1.29, 1.82) is 0 Å². The summed E-state index contributed by atoms with van der Waals surface area (Å²) in [5.74, 6) is -0.354. The average Bonchev–Trinajstić information content (AvgIpc) is 2.03. The van der Waals surface area contributed by atoms with Crippen LogP contribution in [0.3, 0.4) is 0 Å². The third-order valence-corrected chi connectivity index (χ3v) is 1.69. The van der Waals surface area contributed by atoms with E-state index in [1.54, 1.807) is 19.1 Å². The second-order valence-electron chi connectivity index (χ2n) is 2.86. The Morgan fingerprint density at radius 1 is 1.50 bits per heavy atom. The zero-order valence-electron chi connectivity index (χ0n) is 6.87. The van der Waals surface area contributed by atoms with Crippen LogP contribution in [0, 0.1) is 5.82 Å². The number of halogens is 1. The monoisotopic (exact) mass is 169 g/mol. The molecular formula is C9H12FNO. The molecule has 0 aromatic heterocycles. The molecule has 0 aliphatic heterocycles. The number of hydrogen-bond donors (Lipinski definition) is 2. The summed E-state index contributed by atoms with van der Waals surface area (Å²) < 4.78 is 12.6. The van der Waals surface area contributed by atoms with E-state index in [0.29, 0.717) is 5.56 Å². The number of aliphatic hydroxyl groups excluding tert-OH is 1. The van der Waals surface area contributed by atoms with Crippen molar-refractivity contribution in [2.45, 2.75) is 19.1 Å². The predicted octanol–water partition coefficient (Wildman–Crippen LogP) is 1.21. The zero-order chi connectivity index (χ0) is 9.14. The summed E-state index contributed by atoms with van der Waals surface area (Å²) in [6.45, 7) is 1.68. The summed E-state index contributed by atoms with van der Waals surface area (Å²) in [5, 5.41) is 9.43. The number of benzene rings is 1. The Hall–Kier alpha value is -0.930. The molecular weight excluding hydrogens is 157 g/mol. The van der Waals surface area contributed by atoms with Gasteiger partial charge in [-0.3, -0.25) is 0 Å². The summed E-state index contributed by atoms with van der Waals surface area (Å²) in [6, 6.07) is 5.44. The van der Waals surface area contributed by atoms with Crippen molar-refractivity contribution in [3.8, 4) is 0 Å². The minimum atomic E-state index is -0.791. The zero-order valence-corrected chi connectivity index (χ0v) is 6.87. The fraction of sp³-hybridized carbons (Fsp3) is 0.333. The van der Waals surface area contributed by atoms with Gasteiger partial charge in [0.25, 0.3) is 0 Å². The number of aliphatic hydroxyl groups is 1. The normalized spacial score (nSPS) is 15.7. The molecule has 0 spiro atoms. The highest BCUT2D eigenvalue weighted by molar-refractivity contribution is 5.19. The van der Waals surface area contributed by atoms with Gasteiger partial charge in [-0.15, -0.1) is 0 Å². The van der Waals surface area contributed by atoms with Gasteiger partial charge in [0.15, 0.2) is 0 Å². The van der Waals surface area contributed by atoms with Crippen LogP contribution in [-0.4, -0.2) is 11.1 Å². The molecule has 0 amide bonds. The quantitative estimate of drug-likeness (QED) is 0.699. The van der Waals surface area contributed by atoms with Gasteiger partial charge in [0.05, 0.1) is 6.10 Å². The number of hydrogen-bond acceptors (Lipinski definition) is 2. The van der Waals surface area contributed by atoms with Gasteiger partial charge in [-0.1, -0.05) is 12.1 Å². The standard InChI is InChI=1S/C9H12FNO/c1-6(11)9(12)7-3-2-4-8(10)5-7/h2-6,9,12H,11H2,1H3/t6-,9-/m1/s1. The topological polar surface area (TPSA) is 46.2 Å². The summed E-state index contributed by atoms with van der Waals surface area (Å²) in [6.07, 6.45) is -0.791. The van der Waals surface area contributed by atoms with E-state index >= 15 is 0 Å². The third kappa shape index (κ3) is 2.03. The molecule has 0 aliphatic carbocycles. The van der Waals surface area contributed by atoms with Crippen molar-refractivity contribution >= 4 is 0 Å². The van der Waals surface area contributed by atoms with Crippen LogP contribution in [-0.2, 0) is 0 Å². The van der Waals surface area contributed by atoms with Crippen molar-refractivity contribution in [2.75, 3.05) is 0 Å². The molecule has 0 fully saturated rings. The summed E-state index contributed by atoms with van der Waals surface area (Å²) in [5.41, 5.74) is 5.96. The summed E-state index contributed by atoms with van der Waals surface area (Å²) in [7, 11) is 0. The molecule has 3 heteroatoms. The summed E-state index contributed by atoms with van der Waals surface area (Å²) in [4.78, 5) is 0. The van der Waals surface area contributed by atoms with Crippen LogP contribution >= 0.6 is 0 Å². The molecule has 1 aromatic rings. The Labute approximate surface area is 70.8 Å². The largest absolute Gasteiger partial charge is 0.387 e. The van der Waals surface area contributed by atoms with E-state index in [0.717, 1.165) is 0 Å². The van der Waals surface area contributed by atoms with Crippen LogP contribution in [0.2, 0.25) is 0 Å². The average molecular weight is 169 g/mol. The lowest BCUT2D eigenvalue weighted by atomic mass is 10.0. The molecule has 0 aliphatic rings. The maximum Gasteiger partial charge on any atom is 0.123 e. The smallest absolute Gasteiger partial charge is 0.123 e. The molecule has 0 saturated carbocycles. The van der Waals surface area contributed by atoms with Crippen molar-refractivity contribution in [3.05, 3.63) is 35.6 Å². The van der Waals surface area contributed by atoms with Crippen LogP contribution in [0.25, 0.3) is 0 Å². The lowest BCUT2D eigenvalue weighted by Gasteiger charge is -2.14. The molecule has 0 bridgehead atoms. The van der Waals surface area contributed by atoms with Gasteiger partial charge < -0.3 is 10.8 Å². The van der Waals surface area contributed by atoms with E-state index < -0.39 is 6.10 Å². The van der Waals surface area contributed by atoms with Gasteiger partial charge >= 0.3 is 0 Å². The first-order valence-electron chi connectivity index (χ1n) is 3.80. The van der Waals surface area contributed by atoms with Gasteiger partial charge in [-0.25, -0.2) is 4.39 Å². The first kappa shape index (κ1) is 9.16. The van der Waals surface area contributed by atoms with Crippen molar-refractivity contribution in [3.63, 3.8) is 0 Å². The molecule has 0 saturated heterocycles. The highest BCUT2D eigenvalue weighted by atomic mass is 19.1. The maximum absolute atomic E-state index is 12.6. The van der Waals surface area contributed by atoms with E-state index in [-0.39, 0.29) is 11.9 Å². The van der Waals surface area contributed by atoms with E-state index in [1.807, 2.05) is 0 Å². The van der Waals surface area contributed by atoms with Crippen molar-refractivity contribution < 1.29 is 9.50 Å². The minimum Gasteiger partial charge on any atom is -0.387 e. The Morgan fingerprint density at radius 2 is 2.17 bits per heavy atom.